The van der Waals surface area contributed by atoms with Gasteiger partial charge < -0.3 is 10.1 Å². The first-order valence-electron chi connectivity index (χ1n) is 8.43. The molecule has 1 aromatic rings. The Bertz CT molecular complexity index is 472. The van der Waals surface area contributed by atoms with Gasteiger partial charge in [-0.3, -0.25) is 0 Å². The summed E-state index contributed by atoms with van der Waals surface area (Å²) in [5.41, 5.74) is 1.00. The number of ether oxygens (including phenoxy) is 1. The summed E-state index contributed by atoms with van der Waals surface area (Å²) in [5, 5.41) is 3.41. The van der Waals surface area contributed by atoms with Crippen LogP contribution in [0.3, 0.4) is 0 Å². The average molecular weight is 291 g/mol. The molecule has 2 atom stereocenters. The summed E-state index contributed by atoms with van der Waals surface area (Å²) in [6.07, 6.45) is 8.52. The predicted octanol–water partition coefficient (Wildman–Crippen LogP) is 4.43. The van der Waals surface area contributed by atoms with Crippen LogP contribution in [0.25, 0.3) is 0 Å². The van der Waals surface area contributed by atoms with E-state index in [1.165, 1.54) is 32.1 Å². The lowest BCUT2D eigenvalue weighted by Gasteiger charge is -2.29. The highest BCUT2D eigenvalue weighted by Gasteiger charge is 2.23. The number of rotatable bonds is 6. The Labute approximate surface area is 127 Å². The molecule has 0 saturated heterocycles. The normalized spacial score (nSPS) is 25.8. The number of benzene rings is 1. The van der Waals surface area contributed by atoms with Gasteiger partial charge in [-0.2, -0.15) is 0 Å². The standard InChI is InChI=1S/C18H26FNO/c1-2-13-4-3-5-16(10-13)21-18-9-6-14(11-17(18)19)12-20-15-7-8-15/h6,9,11,13,15-16,20H,2-5,7-8,10,12H2,1H3. The highest BCUT2D eigenvalue weighted by Crippen LogP contribution is 2.30. The van der Waals surface area contributed by atoms with Gasteiger partial charge in [-0.1, -0.05) is 25.8 Å². The third-order valence-corrected chi connectivity index (χ3v) is 4.77. The zero-order valence-electron chi connectivity index (χ0n) is 12.9. The van der Waals surface area contributed by atoms with Crippen molar-refractivity contribution < 1.29 is 9.13 Å². The van der Waals surface area contributed by atoms with E-state index < -0.39 is 0 Å². The van der Waals surface area contributed by atoms with Crippen molar-refractivity contribution >= 4 is 0 Å². The van der Waals surface area contributed by atoms with Crippen molar-refractivity contribution in [2.75, 3.05) is 0 Å². The van der Waals surface area contributed by atoms with Crippen molar-refractivity contribution in [1.82, 2.24) is 5.32 Å². The van der Waals surface area contributed by atoms with E-state index >= 15 is 0 Å². The van der Waals surface area contributed by atoms with Crippen molar-refractivity contribution in [2.45, 2.75) is 70.6 Å². The van der Waals surface area contributed by atoms with Crippen LogP contribution < -0.4 is 10.1 Å². The van der Waals surface area contributed by atoms with Crippen LogP contribution in [-0.2, 0) is 6.54 Å². The van der Waals surface area contributed by atoms with Gasteiger partial charge in [-0.25, -0.2) is 4.39 Å². The van der Waals surface area contributed by atoms with Gasteiger partial charge in [0.05, 0.1) is 6.10 Å². The highest BCUT2D eigenvalue weighted by atomic mass is 19.1. The van der Waals surface area contributed by atoms with Crippen molar-refractivity contribution in [3.05, 3.63) is 29.6 Å². The first-order chi connectivity index (χ1) is 10.2. The van der Waals surface area contributed by atoms with Crippen LogP contribution in [0.5, 0.6) is 5.75 Å². The van der Waals surface area contributed by atoms with Crippen LogP contribution in [0, 0.1) is 11.7 Å². The molecule has 2 aliphatic carbocycles. The molecule has 2 unspecified atom stereocenters. The highest BCUT2D eigenvalue weighted by molar-refractivity contribution is 5.29. The van der Waals surface area contributed by atoms with Gasteiger partial charge in [0.2, 0.25) is 0 Å². The van der Waals surface area contributed by atoms with E-state index in [1.807, 2.05) is 6.07 Å². The Kier molecular flexibility index (Phi) is 4.79. The van der Waals surface area contributed by atoms with E-state index in [1.54, 1.807) is 12.1 Å². The largest absolute Gasteiger partial charge is 0.487 e. The molecular formula is C18H26FNO. The Balaban J connectivity index is 1.56. The summed E-state index contributed by atoms with van der Waals surface area (Å²) in [4.78, 5) is 0. The van der Waals surface area contributed by atoms with Crippen LogP contribution in [-0.4, -0.2) is 12.1 Å². The summed E-state index contributed by atoms with van der Waals surface area (Å²) >= 11 is 0. The minimum atomic E-state index is -0.219. The van der Waals surface area contributed by atoms with E-state index in [9.17, 15) is 4.39 Å². The van der Waals surface area contributed by atoms with Gasteiger partial charge in [0, 0.05) is 12.6 Å². The Hall–Kier alpha value is -1.09. The number of halogens is 1. The van der Waals surface area contributed by atoms with E-state index in [0.29, 0.717) is 11.8 Å². The van der Waals surface area contributed by atoms with Gasteiger partial charge in [-0.15, -0.1) is 0 Å². The maximum Gasteiger partial charge on any atom is 0.165 e. The monoisotopic (exact) mass is 291 g/mol. The minimum Gasteiger partial charge on any atom is -0.487 e. The van der Waals surface area contributed by atoms with Crippen molar-refractivity contribution in [3.63, 3.8) is 0 Å². The second kappa shape index (κ2) is 6.78. The summed E-state index contributed by atoms with van der Waals surface area (Å²) < 4.78 is 20.1. The van der Waals surface area contributed by atoms with Crippen molar-refractivity contribution in [1.29, 1.82) is 0 Å². The van der Waals surface area contributed by atoms with Crippen LogP contribution in [0.15, 0.2) is 18.2 Å². The SMILES string of the molecule is CCC1CCCC(Oc2ccc(CNC3CC3)cc2F)C1. The predicted molar refractivity (Wildman–Crippen MR) is 82.9 cm³/mol. The van der Waals surface area contributed by atoms with Crippen LogP contribution in [0.1, 0.15) is 57.4 Å². The van der Waals surface area contributed by atoms with Crippen molar-refractivity contribution in [3.8, 4) is 5.75 Å². The van der Waals surface area contributed by atoms with Crippen LogP contribution in [0.4, 0.5) is 4.39 Å². The topological polar surface area (TPSA) is 21.3 Å². The average Bonchev–Trinajstić information content (AvgIpc) is 3.32. The first-order valence-corrected chi connectivity index (χ1v) is 8.43. The van der Waals surface area contributed by atoms with Gasteiger partial charge in [0.25, 0.3) is 0 Å². The Morgan fingerprint density at radius 1 is 1.24 bits per heavy atom. The molecule has 21 heavy (non-hydrogen) atoms. The van der Waals surface area contributed by atoms with Gasteiger partial charge in [0.1, 0.15) is 0 Å². The molecule has 2 aliphatic rings. The lowest BCUT2D eigenvalue weighted by atomic mass is 9.85. The quantitative estimate of drug-likeness (QED) is 0.837. The van der Waals surface area contributed by atoms with Crippen LogP contribution in [0.2, 0.25) is 0 Å². The van der Waals surface area contributed by atoms with Gasteiger partial charge in [-0.05, 0) is 55.7 Å². The maximum absolute atomic E-state index is 14.2. The zero-order valence-corrected chi connectivity index (χ0v) is 12.9. The molecule has 0 aliphatic heterocycles. The Morgan fingerprint density at radius 3 is 2.81 bits per heavy atom. The minimum absolute atomic E-state index is 0.189. The lowest BCUT2D eigenvalue weighted by molar-refractivity contribution is 0.117. The third-order valence-electron chi connectivity index (χ3n) is 4.77. The summed E-state index contributed by atoms with van der Waals surface area (Å²) in [6, 6.07) is 6.05. The fraction of sp³-hybridized carbons (Fsp3) is 0.667. The summed E-state index contributed by atoms with van der Waals surface area (Å²) in [7, 11) is 0. The smallest absolute Gasteiger partial charge is 0.165 e. The van der Waals surface area contributed by atoms with Gasteiger partial charge >= 0.3 is 0 Å². The molecule has 0 bridgehead atoms. The lowest BCUT2D eigenvalue weighted by Crippen LogP contribution is -2.25. The van der Waals surface area contributed by atoms with Gasteiger partial charge in [0.15, 0.2) is 11.6 Å². The van der Waals surface area contributed by atoms with E-state index in [-0.39, 0.29) is 11.9 Å². The molecule has 1 N–H and O–H groups in total. The molecule has 0 spiro atoms. The van der Waals surface area contributed by atoms with Crippen LogP contribution >= 0.6 is 0 Å². The van der Waals surface area contributed by atoms with E-state index in [0.717, 1.165) is 30.9 Å². The molecule has 2 fully saturated rings. The van der Waals surface area contributed by atoms with E-state index in [2.05, 4.69) is 12.2 Å². The molecule has 0 radical (unpaired) electrons. The third kappa shape index (κ3) is 4.19. The zero-order chi connectivity index (χ0) is 14.7. The Morgan fingerprint density at radius 2 is 2.10 bits per heavy atom. The maximum atomic E-state index is 14.2. The molecule has 1 aromatic carbocycles. The number of hydrogen-bond acceptors (Lipinski definition) is 2. The fourth-order valence-corrected chi connectivity index (χ4v) is 3.20. The summed E-state index contributed by atoms with van der Waals surface area (Å²) in [5.74, 6) is 0.949. The number of hydrogen-bond donors (Lipinski definition) is 1. The molecule has 0 aromatic heterocycles. The van der Waals surface area contributed by atoms with E-state index in [4.69, 9.17) is 4.74 Å². The molecule has 0 amide bonds. The summed E-state index contributed by atoms with van der Waals surface area (Å²) in [6.45, 7) is 2.98. The van der Waals surface area contributed by atoms with Crippen molar-refractivity contribution in [2.24, 2.45) is 5.92 Å². The second-order valence-electron chi connectivity index (χ2n) is 6.60. The number of nitrogens with one attached hydrogen (secondary N) is 1. The molecule has 2 saturated carbocycles. The molecule has 2 nitrogen and oxygen atoms in total. The molecule has 116 valence electrons. The second-order valence-corrected chi connectivity index (χ2v) is 6.60. The molecule has 3 rings (SSSR count). The molecule has 0 heterocycles. The molecular weight excluding hydrogens is 265 g/mol. The fourth-order valence-electron chi connectivity index (χ4n) is 3.20. The molecule has 3 heteroatoms. The first kappa shape index (κ1) is 14.8.